The van der Waals surface area contributed by atoms with Crippen molar-refractivity contribution in [2.24, 2.45) is 4.99 Å². The molecule has 1 aliphatic rings. The smallest absolute Gasteiger partial charge is 0.191 e. The zero-order valence-electron chi connectivity index (χ0n) is 15.8. The number of aliphatic imine (C=N–C) groups is 1. The van der Waals surface area contributed by atoms with Gasteiger partial charge in [-0.15, -0.1) is 0 Å². The molecule has 0 aromatic carbocycles. The van der Waals surface area contributed by atoms with Crippen molar-refractivity contribution in [3.8, 4) is 0 Å². The summed E-state index contributed by atoms with van der Waals surface area (Å²) in [4.78, 5) is 4.64. The highest BCUT2D eigenvalue weighted by atomic mass is 16.5. The number of hydrogen-bond donors (Lipinski definition) is 2. The molecule has 1 aromatic rings. The highest BCUT2D eigenvalue weighted by Crippen LogP contribution is 2.20. The molecule has 1 heterocycles. The van der Waals surface area contributed by atoms with E-state index in [1.54, 1.807) is 6.26 Å². The minimum Gasteiger partial charge on any atom is -0.469 e. The van der Waals surface area contributed by atoms with Gasteiger partial charge in [0.15, 0.2) is 5.96 Å². The lowest BCUT2D eigenvalue weighted by molar-refractivity contribution is 0.0264. The van der Waals surface area contributed by atoms with Gasteiger partial charge in [-0.3, -0.25) is 4.99 Å². The largest absolute Gasteiger partial charge is 0.469 e. The summed E-state index contributed by atoms with van der Waals surface area (Å²) in [6.45, 7) is 5.57. The van der Waals surface area contributed by atoms with Crippen LogP contribution >= 0.6 is 0 Å². The molecule has 0 atom stereocenters. The van der Waals surface area contributed by atoms with E-state index in [9.17, 15) is 0 Å². The molecule has 1 aliphatic carbocycles. The summed E-state index contributed by atoms with van der Waals surface area (Å²) in [7, 11) is 0. The van der Waals surface area contributed by atoms with E-state index >= 15 is 0 Å². The average molecular weight is 350 g/mol. The zero-order chi connectivity index (χ0) is 17.6. The minimum atomic E-state index is 0.533. The Morgan fingerprint density at radius 1 is 1.20 bits per heavy atom. The van der Waals surface area contributed by atoms with E-state index < -0.39 is 0 Å². The molecule has 0 amide bonds. The van der Waals surface area contributed by atoms with Crippen LogP contribution in [0.1, 0.15) is 64.1 Å². The molecule has 1 fully saturated rings. The van der Waals surface area contributed by atoms with Crippen molar-refractivity contribution in [3.05, 3.63) is 24.2 Å². The topological polar surface area (TPSA) is 58.8 Å². The van der Waals surface area contributed by atoms with Gasteiger partial charge in [0.2, 0.25) is 0 Å². The Balaban J connectivity index is 1.50. The van der Waals surface area contributed by atoms with Crippen LogP contribution in [0.3, 0.4) is 0 Å². The first-order chi connectivity index (χ1) is 12.4. The van der Waals surface area contributed by atoms with Crippen LogP contribution in [0.4, 0.5) is 0 Å². The molecule has 2 N–H and O–H groups in total. The summed E-state index contributed by atoms with van der Waals surface area (Å²) in [5.74, 6) is 1.90. The number of ether oxygens (including phenoxy) is 1. The van der Waals surface area contributed by atoms with Gasteiger partial charge in [-0.1, -0.05) is 19.3 Å². The van der Waals surface area contributed by atoms with Gasteiger partial charge in [-0.05, 0) is 51.2 Å². The Morgan fingerprint density at radius 3 is 2.84 bits per heavy atom. The third kappa shape index (κ3) is 8.96. The van der Waals surface area contributed by atoms with Crippen LogP contribution in [0.2, 0.25) is 0 Å². The Bertz CT molecular complexity index is 454. The summed E-state index contributed by atoms with van der Waals surface area (Å²) < 4.78 is 11.3. The Morgan fingerprint density at radius 2 is 2.08 bits per heavy atom. The fraction of sp³-hybridized carbons (Fsp3) is 0.750. The third-order valence-electron chi connectivity index (χ3n) is 4.57. The fourth-order valence-corrected chi connectivity index (χ4v) is 3.16. The van der Waals surface area contributed by atoms with Crippen LogP contribution in [0, 0.1) is 0 Å². The summed E-state index contributed by atoms with van der Waals surface area (Å²) in [5.41, 5.74) is 0. The van der Waals surface area contributed by atoms with E-state index in [2.05, 4.69) is 22.5 Å². The number of furan rings is 1. The molecular weight excluding hydrogens is 314 g/mol. The number of nitrogens with one attached hydrogen (secondary N) is 2. The summed E-state index contributed by atoms with van der Waals surface area (Å²) in [5, 5.41) is 6.65. The predicted octanol–water partition coefficient (Wildman–Crippen LogP) is 3.90. The minimum absolute atomic E-state index is 0.533. The number of hydrogen-bond acceptors (Lipinski definition) is 3. The summed E-state index contributed by atoms with van der Waals surface area (Å²) in [6.07, 6.45) is 13.2. The van der Waals surface area contributed by atoms with Crippen LogP contribution < -0.4 is 10.6 Å². The number of unbranched alkanes of at least 4 members (excludes halogenated alkanes) is 2. The Hall–Kier alpha value is -1.49. The van der Waals surface area contributed by atoms with Crippen LogP contribution in [0.25, 0.3) is 0 Å². The van der Waals surface area contributed by atoms with Crippen LogP contribution in [0.5, 0.6) is 0 Å². The molecule has 5 heteroatoms. The molecule has 5 nitrogen and oxygen atoms in total. The molecule has 0 spiro atoms. The van der Waals surface area contributed by atoms with Gasteiger partial charge in [-0.2, -0.15) is 0 Å². The lowest BCUT2D eigenvalue weighted by Crippen LogP contribution is -2.38. The highest BCUT2D eigenvalue weighted by molar-refractivity contribution is 5.79. The third-order valence-corrected chi connectivity index (χ3v) is 4.57. The zero-order valence-corrected chi connectivity index (χ0v) is 15.8. The second kappa shape index (κ2) is 12.8. The van der Waals surface area contributed by atoms with Crippen LogP contribution in [-0.4, -0.2) is 38.3 Å². The van der Waals surface area contributed by atoms with Gasteiger partial charge in [0.05, 0.1) is 12.4 Å². The van der Waals surface area contributed by atoms with Crippen molar-refractivity contribution < 1.29 is 9.15 Å². The van der Waals surface area contributed by atoms with Crippen molar-refractivity contribution >= 4 is 5.96 Å². The van der Waals surface area contributed by atoms with Gasteiger partial charge in [-0.25, -0.2) is 0 Å². The van der Waals surface area contributed by atoms with E-state index in [0.717, 1.165) is 57.2 Å². The maximum atomic E-state index is 5.97. The maximum Gasteiger partial charge on any atom is 0.191 e. The van der Waals surface area contributed by atoms with Gasteiger partial charge in [0.1, 0.15) is 5.76 Å². The molecule has 2 rings (SSSR count). The normalized spacial score (nSPS) is 16.1. The molecule has 0 radical (unpaired) electrons. The number of nitrogens with zero attached hydrogens (tertiary/aromatic N) is 1. The lowest BCUT2D eigenvalue weighted by atomic mass is 9.98. The molecule has 1 saturated carbocycles. The molecular formula is C20H35N3O2. The van der Waals surface area contributed by atoms with Gasteiger partial charge >= 0.3 is 0 Å². The van der Waals surface area contributed by atoms with Crippen molar-refractivity contribution in [1.82, 2.24) is 10.6 Å². The van der Waals surface area contributed by atoms with E-state index in [1.807, 2.05) is 12.1 Å². The molecule has 0 bridgehead atoms. The second-order valence-corrected chi connectivity index (χ2v) is 6.71. The molecule has 0 unspecified atom stereocenters. The quantitative estimate of drug-likeness (QED) is 0.361. The van der Waals surface area contributed by atoms with Crippen molar-refractivity contribution in [3.63, 3.8) is 0 Å². The predicted molar refractivity (Wildman–Crippen MR) is 103 cm³/mol. The lowest BCUT2D eigenvalue weighted by Gasteiger charge is -2.21. The molecule has 142 valence electrons. The van der Waals surface area contributed by atoms with Crippen LogP contribution in [-0.2, 0) is 11.2 Å². The van der Waals surface area contributed by atoms with Gasteiger partial charge in [0.25, 0.3) is 0 Å². The monoisotopic (exact) mass is 349 g/mol. The van der Waals surface area contributed by atoms with E-state index in [-0.39, 0.29) is 0 Å². The van der Waals surface area contributed by atoms with E-state index in [1.165, 1.54) is 38.5 Å². The molecule has 0 saturated heterocycles. The number of guanidine groups is 1. The molecule has 25 heavy (non-hydrogen) atoms. The Kier molecular flexibility index (Phi) is 10.2. The molecule has 1 aromatic heterocycles. The van der Waals surface area contributed by atoms with Crippen LogP contribution in [0.15, 0.2) is 27.8 Å². The summed E-state index contributed by atoms with van der Waals surface area (Å²) >= 11 is 0. The standard InChI is InChI=1S/C20H35N3O2/c1-2-21-20(23-15-13-19-12-9-17-25-19)22-14-7-4-8-16-24-18-10-5-3-6-11-18/h9,12,17-18H,2-8,10-11,13-16H2,1H3,(H2,21,22,23). The summed E-state index contributed by atoms with van der Waals surface area (Å²) in [6, 6.07) is 3.92. The first-order valence-corrected chi connectivity index (χ1v) is 10.0. The average Bonchev–Trinajstić information content (AvgIpc) is 3.15. The first kappa shape index (κ1) is 19.8. The highest BCUT2D eigenvalue weighted by Gasteiger charge is 2.12. The SMILES string of the molecule is CCNC(=NCCCCCOC1CCCCC1)NCCc1ccco1. The van der Waals surface area contributed by atoms with Crippen molar-refractivity contribution in [2.45, 2.75) is 70.8 Å². The van der Waals surface area contributed by atoms with Crippen molar-refractivity contribution in [2.75, 3.05) is 26.2 Å². The Labute approximate surface area is 152 Å². The fourth-order valence-electron chi connectivity index (χ4n) is 3.16. The van der Waals surface area contributed by atoms with E-state index in [0.29, 0.717) is 6.10 Å². The van der Waals surface area contributed by atoms with Gasteiger partial charge in [0, 0.05) is 32.7 Å². The molecule has 0 aliphatic heterocycles. The van der Waals surface area contributed by atoms with Crippen molar-refractivity contribution in [1.29, 1.82) is 0 Å². The van der Waals surface area contributed by atoms with Gasteiger partial charge < -0.3 is 19.8 Å². The second-order valence-electron chi connectivity index (χ2n) is 6.71. The maximum absolute atomic E-state index is 5.97. The van der Waals surface area contributed by atoms with E-state index in [4.69, 9.17) is 9.15 Å². The first-order valence-electron chi connectivity index (χ1n) is 10.0. The number of rotatable bonds is 11.